The second-order valence-electron chi connectivity index (χ2n) is 8.93. The third kappa shape index (κ3) is 49.9. The van der Waals surface area contributed by atoms with Gasteiger partial charge in [0.1, 0.15) is 11.6 Å². The highest BCUT2D eigenvalue weighted by atomic mass is 33.5. The molecule has 0 bridgehead atoms. The third-order valence-corrected chi connectivity index (χ3v) is 113. The topological polar surface area (TPSA) is 67.3 Å². The van der Waals surface area contributed by atoms with Crippen LogP contribution in [-0.4, -0.2) is 24.9 Å². The van der Waals surface area contributed by atoms with Gasteiger partial charge in [0.25, 0.3) is 0 Å². The summed E-state index contributed by atoms with van der Waals surface area (Å²) in [6.07, 6.45) is 7.10. The number of fused-ring (bicyclic) bond motifs is 1. The van der Waals surface area contributed by atoms with E-state index < -0.39 is 0 Å². The first-order valence-corrected chi connectivity index (χ1v) is 82.7. The van der Waals surface area contributed by atoms with Gasteiger partial charge >= 0.3 is 0 Å². The first-order valence-electron chi connectivity index (χ1n) is 14.7. The Labute approximate surface area is 561 Å². The fourth-order valence-corrected chi connectivity index (χ4v) is 134. The van der Waals surface area contributed by atoms with Crippen LogP contribution in [0, 0.1) is 0 Å². The van der Waals surface area contributed by atoms with Crippen LogP contribution in [0.2, 0.25) is 0 Å². The van der Waals surface area contributed by atoms with Gasteiger partial charge in [-0.3, -0.25) is 4.98 Å². The van der Waals surface area contributed by atoms with Crippen molar-refractivity contribution >= 4 is 477 Å². The van der Waals surface area contributed by atoms with Crippen molar-refractivity contribution in [3.8, 4) is 11.4 Å². The maximum atomic E-state index is 4.81. The Balaban J connectivity index is 0.000000741. The molecule has 0 saturated heterocycles. The van der Waals surface area contributed by atoms with Gasteiger partial charge in [-0.05, 0) is 6.07 Å². The number of H-pyrrole nitrogens is 1. The number of pyridine rings is 1. The Morgan fingerprint density at radius 1 is 0.352 bits per heavy atom. The van der Waals surface area contributed by atoms with Crippen molar-refractivity contribution in [2.75, 3.05) is 0 Å². The van der Waals surface area contributed by atoms with Gasteiger partial charge in [0.15, 0.2) is 0 Å². The zero-order valence-electron chi connectivity index (χ0n) is 32.4. The normalized spacial score (nSPS) is 8.89. The van der Waals surface area contributed by atoms with E-state index in [0.717, 1.165) is 28.2 Å². The van der Waals surface area contributed by atoms with Crippen molar-refractivity contribution in [3.63, 3.8) is 0 Å². The van der Waals surface area contributed by atoms with Crippen LogP contribution >= 0.6 is 0 Å². The summed E-state index contributed by atoms with van der Waals surface area (Å²) in [7, 11) is 89.4. The molecule has 0 atom stereocenters. The lowest BCUT2D eigenvalue weighted by molar-refractivity contribution is 0.545. The average molecular weight is 1920 g/mol. The van der Waals surface area contributed by atoms with Crippen molar-refractivity contribution in [2.24, 2.45) is 0 Å². The lowest BCUT2D eigenvalue weighted by Gasteiger charge is -2.15. The monoisotopic (exact) mass is 1920 g/mol. The molecule has 3 heterocycles. The third-order valence-electron chi connectivity index (χ3n) is 4.24. The quantitative estimate of drug-likeness (QED) is 0.405. The summed E-state index contributed by atoms with van der Waals surface area (Å²) >= 11 is 9.63. The number of hydrogen-bond donors (Lipinski definition) is 1. The van der Waals surface area contributed by atoms with E-state index in [0.29, 0.717) is 0 Å². The molecular formula is C14H15N5S52. The van der Waals surface area contributed by atoms with Gasteiger partial charge in [-0.15, -0.1) is 0 Å². The summed E-state index contributed by atoms with van der Waals surface area (Å²) in [5, 5.41) is 0. The Hall–Kier alpha value is 9.14. The molecule has 0 amide bonds. The van der Waals surface area contributed by atoms with Gasteiger partial charge < -0.3 is 4.98 Å². The van der Waals surface area contributed by atoms with Crippen LogP contribution in [0.1, 0.15) is 26.6 Å². The minimum absolute atomic E-state index is 0.0453. The summed E-state index contributed by atoms with van der Waals surface area (Å²) in [6.45, 7) is 6.28. The Morgan fingerprint density at radius 3 is 0.803 bits per heavy atom. The van der Waals surface area contributed by atoms with Gasteiger partial charge in [-0.2, -0.15) is 0 Å². The van der Waals surface area contributed by atoms with Gasteiger partial charge in [0.05, 0.1) is 22.8 Å². The van der Waals surface area contributed by atoms with Gasteiger partial charge in [-0.1, -0.05) is 20.8 Å². The molecule has 0 fully saturated rings. The summed E-state index contributed by atoms with van der Waals surface area (Å²) in [5.74, 6) is 1.59. The van der Waals surface area contributed by atoms with Crippen molar-refractivity contribution in [1.29, 1.82) is 0 Å². The molecule has 0 radical (unpaired) electrons. The van der Waals surface area contributed by atoms with Crippen LogP contribution in [0.25, 0.3) is 22.4 Å². The van der Waals surface area contributed by atoms with E-state index in [1.54, 1.807) is 131 Å². The van der Waals surface area contributed by atoms with Crippen molar-refractivity contribution < 1.29 is 0 Å². The van der Waals surface area contributed by atoms with Crippen molar-refractivity contribution in [1.82, 2.24) is 24.9 Å². The molecule has 408 valence electrons. The number of imidazole rings is 1. The molecule has 0 unspecified atom stereocenters. The maximum Gasteiger partial charge on any atom is 0.141 e. The SMILES string of the molecule is CC(C)(C)c1ncc(-c2nc3ccncc3[nH]2)cn1.S=S=S=S=S=S=S=S=S=S=S=S=S=S=S=S=S=S=S=S=S=S=S=S=S=S=S=S=S=S=S=S=S=S=S=S=S=S=S=S=S=S=S=S=S=S=S=S=S=S=S=S. The Morgan fingerprint density at radius 2 is 0.592 bits per heavy atom. The van der Waals surface area contributed by atoms with Crippen LogP contribution in [0.3, 0.4) is 0 Å². The van der Waals surface area contributed by atoms with Crippen LogP contribution < -0.4 is 0 Å². The van der Waals surface area contributed by atoms with Gasteiger partial charge in [0, 0.05) is 490 Å². The highest BCUT2D eigenvalue weighted by Crippen LogP contribution is 2.21. The number of aromatic amines is 1. The van der Waals surface area contributed by atoms with E-state index in [9.17, 15) is 0 Å². The number of nitrogens with one attached hydrogen (secondary N) is 1. The molecule has 0 aromatic carbocycles. The van der Waals surface area contributed by atoms with E-state index in [4.69, 9.17) is 22.4 Å². The summed E-state index contributed by atoms with van der Waals surface area (Å²) in [5.41, 5.74) is 2.64. The molecule has 0 aliphatic heterocycles. The Kier molecular flexibility index (Phi) is 63.9. The minimum atomic E-state index is -0.0453. The van der Waals surface area contributed by atoms with Crippen LogP contribution in [0.5, 0.6) is 0 Å². The van der Waals surface area contributed by atoms with E-state index in [-0.39, 0.29) is 5.41 Å². The van der Waals surface area contributed by atoms with E-state index >= 15 is 0 Å². The van der Waals surface area contributed by atoms with Gasteiger partial charge in [-0.25, -0.2) is 15.0 Å². The number of aromatic nitrogens is 5. The summed E-state index contributed by atoms with van der Waals surface area (Å²) in [4.78, 5) is 20.6. The first-order chi connectivity index (χ1) is 35.0. The van der Waals surface area contributed by atoms with E-state index in [1.165, 1.54) is 17.8 Å². The number of nitrogens with zero attached hydrogens (tertiary/aromatic N) is 4. The molecule has 0 aliphatic carbocycles. The molecule has 0 saturated carbocycles. The second kappa shape index (κ2) is 59.5. The molecule has 0 spiro atoms. The van der Waals surface area contributed by atoms with Crippen LogP contribution in [0.4, 0.5) is 0 Å². The molecule has 3 aromatic rings. The molecule has 71 heavy (non-hydrogen) atoms. The lowest BCUT2D eigenvalue weighted by Crippen LogP contribution is -2.15. The van der Waals surface area contributed by atoms with E-state index in [1.807, 2.05) is 326 Å². The first kappa shape index (κ1) is 76.2. The standard InChI is InChI=1S/C14H15N5.S52/c1-14(2,3)13-16-6-9(7-17-13)12-18-10-4-5-15-8-11(10)19-12;1-3-5-7-9-11-13-15-17-19-21-23-25-27-29-31-33-35-37-39-41-43-45-47-49-51-52-50-48-46-44-42-40-38-36-34-32-30-28-26-24-22-20-18-16-14-12-10-8-6-4-2/h4-8H,1-3H3,(H,18,19);. The zero-order valence-corrected chi connectivity index (χ0v) is 74.9. The zero-order chi connectivity index (χ0) is 50.8. The average Bonchev–Trinajstić information content (AvgIpc) is 3.82. The molecule has 3 rings (SSSR count). The van der Waals surface area contributed by atoms with Crippen molar-refractivity contribution in [3.05, 3.63) is 36.7 Å². The molecular weight excluding hydrogens is 1910 g/mol. The fourth-order valence-electron chi connectivity index (χ4n) is 2.38. The molecule has 57 heteroatoms. The van der Waals surface area contributed by atoms with Crippen LogP contribution in [-0.2, 0) is 472 Å². The van der Waals surface area contributed by atoms with Crippen LogP contribution in [0.15, 0.2) is 30.9 Å². The molecule has 3 aromatic heterocycles. The minimum Gasteiger partial charge on any atom is -0.337 e. The maximum absolute atomic E-state index is 4.81. The molecule has 1 N–H and O–H groups in total. The Bertz CT molecular complexity index is 4540. The largest absolute Gasteiger partial charge is 0.337 e. The summed E-state index contributed by atoms with van der Waals surface area (Å²) < 4.78 is 0. The predicted octanol–water partition coefficient (Wildman–Crippen LogP) is 2.59. The van der Waals surface area contributed by atoms with Gasteiger partial charge in [0.2, 0.25) is 0 Å². The highest BCUT2D eigenvalue weighted by Gasteiger charge is 2.17. The summed E-state index contributed by atoms with van der Waals surface area (Å²) in [6, 6.07) is 1.87. The highest BCUT2D eigenvalue weighted by molar-refractivity contribution is 8.82. The smallest absolute Gasteiger partial charge is 0.141 e. The fraction of sp³-hybridized carbons (Fsp3) is 0.286. The van der Waals surface area contributed by atoms with E-state index in [2.05, 4.69) is 45.7 Å². The number of hydrogen-bond acceptors (Lipinski definition) is 6. The van der Waals surface area contributed by atoms with Crippen molar-refractivity contribution in [2.45, 2.75) is 26.2 Å². The predicted molar refractivity (Wildman–Crippen MR) is 457 cm³/mol. The molecule has 5 nitrogen and oxygen atoms in total. The number of rotatable bonds is 1. The second-order valence-corrected chi connectivity index (χ2v) is 97.4. The lowest BCUT2D eigenvalue weighted by atomic mass is 9.96. The molecule has 0 aliphatic rings.